The zero-order valence-electron chi connectivity index (χ0n) is 15.6. The summed E-state index contributed by atoms with van der Waals surface area (Å²) in [7, 11) is 3.95. The van der Waals surface area contributed by atoms with Gasteiger partial charge >= 0.3 is 0 Å². The lowest BCUT2D eigenvalue weighted by Gasteiger charge is -2.39. The van der Waals surface area contributed by atoms with Crippen LogP contribution in [0, 0.1) is 0 Å². The molecule has 5 nitrogen and oxygen atoms in total. The molecule has 0 radical (unpaired) electrons. The summed E-state index contributed by atoms with van der Waals surface area (Å²) in [6.45, 7) is 7.76. The van der Waals surface area contributed by atoms with E-state index in [0.29, 0.717) is 18.2 Å². The van der Waals surface area contributed by atoms with Gasteiger partial charge in [-0.2, -0.15) is 0 Å². The number of methoxy groups -OCH3 is 1. The Morgan fingerprint density at radius 3 is 2.56 bits per heavy atom. The number of likely N-dealkylation sites (tertiary alicyclic amines) is 1. The highest BCUT2D eigenvalue weighted by atomic mass is 16.5. The van der Waals surface area contributed by atoms with Gasteiger partial charge in [-0.25, -0.2) is 0 Å². The number of hydrogen-bond acceptors (Lipinski definition) is 5. The summed E-state index contributed by atoms with van der Waals surface area (Å²) in [6.07, 6.45) is 2.84. The molecule has 0 unspecified atom stereocenters. The maximum Gasteiger partial charge on any atom is 0.118 e. The van der Waals surface area contributed by atoms with E-state index >= 15 is 0 Å². The van der Waals surface area contributed by atoms with E-state index in [4.69, 9.17) is 9.47 Å². The van der Waals surface area contributed by atoms with E-state index in [1.807, 2.05) is 0 Å². The molecule has 5 heteroatoms. The predicted molar refractivity (Wildman–Crippen MR) is 99.0 cm³/mol. The molecule has 138 valence electrons. The molecule has 0 aliphatic carbocycles. The Hall–Kier alpha value is -1.14. The molecule has 3 atom stereocenters. The second-order valence-corrected chi connectivity index (χ2v) is 7.73. The Morgan fingerprint density at radius 1 is 1.08 bits per heavy atom. The summed E-state index contributed by atoms with van der Waals surface area (Å²) < 4.78 is 11.6. The van der Waals surface area contributed by atoms with Crippen LogP contribution in [0.3, 0.4) is 0 Å². The first kappa shape index (κ1) is 17.3. The highest BCUT2D eigenvalue weighted by Gasteiger charge is 2.46. The van der Waals surface area contributed by atoms with Crippen molar-refractivity contribution >= 4 is 0 Å². The zero-order valence-corrected chi connectivity index (χ0v) is 15.6. The molecule has 3 aliphatic rings. The Bertz CT molecular complexity index is 557. The standard InChI is InChI=1S/C20H31N3O2/c1-21-9-11-22(12-10-21)19-15-23(18-4-3-13-25-20(18)19)14-16-5-7-17(24-2)8-6-16/h5-8,18-20H,3-4,9-15H2,1-2H3/t18-,19-,20+/m1/s1. The van der Waals surface area contributed by atoms with Crippen LogP contribution in [0.4, 0.5) is 0 Å². The Balaban J connectivity index is 1.46. The Morgan fingerprint density at radius 2 is 1.84 bits per heavy atom. The van der Waals surface area contributed by atoms with Crippen LogP contribution in [0.15, 0.2) is 24.3 Å². The Labute approximate surface area is 151 Å². The van der Waals surface area contributed by atoms with Crippen LogP contribution in [0.5, 0.6) is 5.75 Å². The van der Waals surface area contributed by atoms with Crippen LogP contribution >= 0.6 is 0 Å². The third-order valence-electron chi connectivity index (χ3n) is 6.16. The van der Waals surface area contributed by atoms with Gasteiger partial charge in [0, 0.05) is 51.9 Å². The third-order valence-corrected chi connectivity index (χ3v) is 6.16. The molecule has 0 bridgehead atoms. The lowest BCUT2D eigenvalue weighted by atomic mass is 9.99. The first-order valence-electron chi connectivity index (χ1n) is 9.66. The summed E-state index contributed by atoms with van der Waals surface area (Å²) in [5.41, 5.74) is 1.36. The Kier molecular flexibility index (Phi) is 5.27. The summed E-state index contributed by atoms with van der Waals surface area (Å²) in [5.74, 6) is 0.930. The van der Waals surface area contributed by atoms with Crippen LogP contribution in [-0.4, -0.2) is 86.4 Å². The van der Waals surface area contributed by atoms with Gasteiger partial charge in [0.05, 0.1) is 19.3 Å². The molecule has 3 fully saturated rings. The number of piperazine rings is 1. The molecule has 0 saturated carbocycles. The van der Waals surface area contributed by atoms with Gasteiger partial charge in [0.2, 0.25) is 0 Å². The van der Waals surface area contributed by atoms with E-state index in [1.165, 1.54) is 44.6 Å². The number of ether oxygens (including phenoxy) is 2. The molecule has 3 saturated heterocycles. The van der Waals surface area contributed by atoms with Crippen molar-refractivity contribution in [1.82, 2.24) is 14.7 Å². The van der Waals surface area contributed by atoms with Crippen LogP contribution in [-0.2, 0) is 11.3 Å². The maximum atomic E-state index is 6.28. The zero-order chi connectivity index (χ0) is 17.2. The lowest BCUT2D eigenvalue weighted by Crippen LogP contribution is -2.54. The summed E-state index contributed by atoms with van der Waals surface area (Å²) >= 11 is 0. The second kappa shape index (κ2) is 7.62. The number of rotatable bonds is 4. The first-order chi connectivity index (χ1) is 12.2. The van der Waals surface area contributed by atoms with Crippen molar-refractivity contribution in [2.45, 2.75) is 37.6 Å². The molecule has 4 rings (SSSR count). The van der Waals surface area contributed by atoms with E-state index in [9.17, 15) is 0 Å². The van der Waals surface area contributed by atoms with Crippen molar-refractivity contribution in [2.75, 3.05) is 53.5 Å². The minimum atomic E-state index is 0.385. The van der Waals surface area contributed by atoms with Crippen LogP contribution in [0.1, 0.15) is 18.4 Å². The smallest absolute Gasteiger partial charge is 0.118 e. The molecule has 1 aromatic carbocycles. The van der Waals surface area contributed by atoms with Crippen molar-refractivity contribution in [2.24, 2.45) is 0 Å². The highest BCUT2D eigenvalue weighted by Crippen LogP contribution is 2.33. The third kappa shape index (κ3) is 3.70. The molecule has 3 aliphatic heterocycles. The van der Waals surface area contributed by atoms with Gasteiger partial charge in [-0.05, 0) is 37.6 Å². The van der Waals surface area contributed by atoms with Crippen LogP contribution in [0.25, 0.3) is 0 Å². The summed E-state index contributed by atoms with van der Waals surface area (Å²) in [6, 6.07) is 9.65. The average molecular weight is 345 g/mol. The van der Waals surface area contributed by atoms with Gasteiger partial charge in [0.25, 0.3) is 0 Å². The maximum absolute atomic E-state index is 6.28. The van der Waals surface area contributed by atoms with Gasteiger partial charge < -0.3 is 14.4 Å². The van der Waals surface area contributed by atoms with E-state index in [-0.39, 0.29) is 0 Å². The molecule has 0 aromatic heterocycles. The summed E-state index contributed by atoms with van der Waals surface area (Å²) in [4.78, 5) is 7.77. The number of likely N-dealkylation sites (N-methyl/N-ethyl adjacent to an activating group) is 1. The van der Waals surface area contributed by atoms with E-state index < -0.39 is 0 Å². The first-order valence-corrected chi connectivity index (χ1v) is 9.66. The molecule has 0 amide bonds. The fourth-order valence-corrected chi connectivity index (χ4v) is 4.65. The molecule has 3 heterocycles. The van der Waals surface area contributed by atoms with Crippen molar-refractivity contribution < 1.29 is 9.47 Å². The second-order valence-electron chi connectivity index (χ2n) is 7.73. The normalized spacial score (nSPS) is 31.8. The van der Waals surface area contributed by atoms with Crippen molar-refractivity contribution in [1.29, 1.82) is 0 Å². The van der Waals surface area contributed by atoms with Crippen molar-refractivity contribution in [3.05, 3.63) is 29.8 Å². The highest BCUT2D eigenvalue weighted by molar-refractivity contribution is 5.27. The monoisotopic (exact) mass is 345 g/mol. The molecule has 1 aromatic rings. The van der Waals surface area contributed by atoms with Crippen molar-refractivity contribution in [3.8, 4) is 5.75 Å². The number of hydrogen-bond donors (Lipinski definition) is 0. The lowest BCUT2D eigenvalue weighted by molar-refractivity contribution is -0.0466. The molecular formula is C20H31N3O2. The largest absolute Gasteiger partial charge is 0.497 e. The van der Waals surface area contributed by atoms with Gasteiger partial charge in [-0.15, -0.1) is 0 Å². The van der Waals surface area contributed by atoms with Crippen LogP contribution in [0.2, 0.25) is 0 Å². The summed E-state index contributed by atoms with van der Waals surface area (Å²) in [5, 5.41) is 0. The van der Waals surface area contributed by atoms with Gasteiger partial charge in [0.15, 0.2) is 0 Å². The van der Waals surface area contributed by atoms with Crippen molar-refractivity contribution in [3.63, 3.8) is 0 Å². The molecule has 0 N–H and O–H groups in total. The predicted octanol–water partition coefficient (Wildman–Crippen LogP) is 1.67. The SMILES string of the molecule is COc1ccc(CN2C[C@@H](N3CCN(C)CC3)[C@H]3OCCC[C@H]32)cc1. The van der Waals surface area contributed by atoms with Crippen LogP contribution < -0.4 is 4.74 Å². The van der Waals surface area contributed by atoms with Gasteiger partial charge in [-0.1, -0.05) is 12.1 Å². The molecule has 25 heavy (non-hydrogen) atoms. The molecule has 0 spiro atoms. The van der Waals surface area contributed by atoms with Gasteiger partial charge in [-0.3, -0.25) is 9.80 Å². The number of nitrogens with zero attached hydrogens (tertiary/aromatic N) is 3. The van der Waals surface area contributed by atoms with E-state index in [0.717, 1.165) is 25.4 Å². The number of fused-ring (bicyclic) bond motifs is 1. The quantitative estimate of drug-likeness (QED) is 0.828. The van der Waals surface area contributed by atoms with Gasteiger partial charge in [0.1, 0.15) is 5.75 Å². The average Bonchev–Trinajstić information content (AvgIpc) is 3.02. The minimum Gasteiger partial charge on any atom is -0.497 e. The van der Waals surface area contributed by atoms with E-state index in [1.54, 1.807) is 7.11 Å². The fraction of sp³-hybridized carbons (Fsp3) is 0.700. The minimum absolute atomic E-state index is 0.385. The topological polar surface area (TPSA) is 28.2 Å². The van der Waals surface area contributed by atoms with E-state index in [2.05, 4.69) is 46.0 Å². The number of benzene rings is 1. The molecular weight excluding hydrogens is 314 g/mol. The fourth-order valence-electron chi connectivity index (χ4n) is 4.65.